The van der Waals surface area contributed by atoms with Gasteiger partial charge in [0.05, 0.1) is 11.9 Å². The minimum Gasteiger partial charge on any atom is -0.354 e. The fraction of sp³-hybridized carbons (Fsp3) is 0.440. The molecular weight excluding hydrogens is 537 g/mol. The number of hydrogen-bond acceptors (Lipinski definition) is 4. The van der Waals surface area contributed by atoms with Crippen LogP contribution in [0.15, 0.2) is 53.0 Å². The van der Waals surface area contributed by atoms with Gasteiger partial charge in [-0.15, -0.1) is 0 Å². The number of nitrogens with one attached hydrogen (secondary N) is 1. The number of benzene rings is 2. The van der Waals surface area contributed by atoms with Crippen LogP contribution in [0.4, 0.5) is 10.1 Å². The Morgan fingerprint density at radius 3 is 2.26 bits per heavy atom. The Bertz CT molecular complexity index is 1080. The number of amides is 2. The molecular formula is C25H33BrFN3O4S. The molecule has 0 fully saturated rings. The Morgan fingerprint density at radius 1 is 1.06 bits per heavy atom. The number of carbonyl (C=O) groups excluding carboxylic acids is 2. The number of anilines is 1. The summed E-state index contributed by atoms with van der Waals surface area (Å²) in [5.74, 6) is -0.946. The third-order valence-electron chi connectivity index (χ3n) is 5.53. The second-order valence-corrected chi connectivity index (χ2v) is 11.2. The van der Waals surface area contributed by atoms with E-state index in [0.29, 0.717) is 12.2 Å². The van der Waals surface area contributed by atoms with Crippen LogP contribution in [-0.2, 0) is 26.2 Å². The Morgan fingerprint density at radius 2 is 1.69 bits per heavy atom. The summed E-state index contributed by atoms with van der Waals surface area (Å²) in [7, 11) is -3.63. The van der Waals surface area contributed by atoms with Gasteiger partial charge in [0.1, 0.15) is 11.9 Å². The molecule has 192 valence electrons. The van der Waals surface area contributed by atoms with Crippen molar-refractivity contribution in [2.24, 2.45) is 0 Å². The molecule has 0 aliphatic heterocycles. The van der Waals surface area contributed by atoms with E-state index >= 15 is 0 Å². The van der Waals surface area contributed by atoms with Crippen LogP contribution in [-0.4, -0.2) is 50.5 Å². The van der Waals surface area contributed by atoms with Gasteiger partial charge in [-0.25, -0.2) is 12.8 Å². The fourth-order valence-corrected chi connectivity index (χ4v) is 4.75. The Labute approximate surface area is 215 Å². The van der Waals surface area contributed by atoms with Crippen molar-refractivity contribution < 1.29 is 22.4 Å². The van der Waals surface area contributed by atoms with Gasteiger partial charge in [0.15, 0.2) is 0 Å². The Hall–Kier alpha value is -2.46. The maximum absolute atomic E-state index is 13.3. The molecule has 0 spiro atoms. The van der Waals surface area contributed by atoms with E-state index < -0.39 is 21.9 Å². The zero-order chi connectivity index (χ0) is 26.0. The van der Waals surface area contributed by atoms with Crippen LogP contribution < -0.4 is 9.62 Å². The van der Waals surface area contributed by atoms with Crippen molar-refractivity contribution in [2.75, 3.05) is 23.7 Å². The predicted octanol–water partition coefficient (Wildman–Crippen LogP) is 4.47. The lowest BCUT2D eigenvalue weighted by molar-refractivity contribution is -0.140. The molecule has 10 heteroatoms. The lowest BCUT2D eigenvalue weighted by atomic mass is 10.1. The smallest absolute Gasteiger partial charge is 0.242 e. The molecule has 0 heterocycles. The fourth-order valence-electron chi connectivity index (χ4n) is 3.52. The zero-order valence-electron chi connectivity index (χ0n) is 20.3. The molecule has 0 radical (unpaired) electrons. The molecule has 0 saturated carbocycles. The molecule has 0 saturated heterocycles. The minimum atomic E-state index is -3.63. The van der Waals surface area contributed by atoms with E-state index in [-0.39, 0.29) is 37.7 Å². The summed E-state index contributed by atoms with van der Waals surface area (Å²) in [4.78, 5) is 27.4. The van der Waals surface area contributed by atoms with E-state index in [0.717, 1.165) is 33.4 Å². The lowest BCUT2D eigenvalue weighted by Crippen LogP contribution is -2.47. The van der Waals surface area contributed by atoms with Crippen LogP contribution in [0, 0.1) is 5.82 Å². The quantitative estimate of drug-likeness (QED) is 0.360. The summed E-state index contributed by atoms with van der Waals surface area (Å²) in [6.07, 6.45) is 3.16. The number of sulfonamides is 1. The van der Waals surface area contributed by atoms with Gasteiger partial charge in [-0.05, 0) is 61.7 Å². The monoisotopic (exact) mass is 569 g/mol. The highest BCUT2D eigenvalue weighted by Crippen LogP contribution is 2.20. The second kappa shape index (κ2) is 13.6. The van der Waals surface area contributed by atoms with Crippen molar-refractivity contribution in [3.05, 3.63) is 64.4 Å². The topological polar surface area (TPSA) is 86.8 Å². The normalized spacial score (nSPS) is 12.1. The molecule has 2 amide bonds. The largest absolute Gasteiger partial charge is 0.354 e. The first kappa shape index (κ1) is 28.8. The van der Waals surface area contributed by atoms with Crippen molar-refractivity contribution in [1.82, 2.24) is 10.2 Å². The highest BCUT2D eigenvalue weighted by molar-refractivity contribution is 9.10. The minimum absolute atomic E-state index is 0.0519. The van der Waals surface area contributed by atoms with Crippen molar-refractivity contribution in [1.29, 1.82) is 0 Å². The summed E-state index contributed by atoms with van der Waals surface area (Å²) in [5, 5.41) is 2.88. The zero-order valence-corrected chi connectivity index (χ0v) is 22.7. The number of carbonyl (C=O) groups is 2. The van der Waals surface area contributed by atoms with Gasteiger partial charge in [-0.3, -0.25) is 13.9 Å². The van der Waals surface area contributed by atoms with E-state index in [4.69, 9.17) is 0 Å². The summed E-state index contributed by atoms with van der Waals surface area (Å²) in [6.45, 7) is 4.58. The van der Waals surface area contributed by atoms with Gasteiger partial charge in [0.2, 0.25) is 21.8 Å². The van der Waals surface area contributed by atoms with E-state index in [2.05, 4.69) is 21.2 Å². The molecule has 2 aromatic carbocycles. The first-order chi connectivity index (χ1) is 16.5. The highest BCUT2D eigenvalue weighted by atomic mass is 79.9. The number of unbranched alkanes of at least 4 members (excludes halogenated alkanes) is 1. The maximum Gasteiger partial charge on any atom is 0.242 e. The molecule has 35 heavy (non-hydrogen) atoms. The van der Waals surface area contributed by atoms with E-state index in [9.17, 15) is 22.4 Å². The molecule has 2 aromatic rings. The van der Waals surface area contributed by atoms with Gasteiger partial charge in [0, 0.05) is 30.5 Å². The summed E-state index contributed by atoms with van der Waals surface area (Å²) in [6, 6.07) is 12.0. The Balaban J connectivity index is 2.12. The van der Waals surface area contributed by atoms with Gasteiger partial charge < -0.3 is 10.2 Å². The van der Waals surface area contributed by atoms with Gasteiger partial charge in [0.25, 0.3) is 0 Å². The van der Waals surface area contributed by atoms with E-state index in [1.54, 1.807) is 6.92 Å². The first-order valence-corrected chi connectivity index (χ1v) is 14.2. The summed E-state index contributed by atoms with van der Waals surface area (Å²) < 4.78 is 39.9. The number of rotatable bonds is 13. The van der Waals surface area contributed by atoms with Crippen molar-refractivity contribution >= 4 is 43.5 Å². The molecule has 0 aliphatic rings. The van der Waals surface area contributed by atoms with Crippen LogP contribution in [0.2, 0.25) is 0 Å². The SMILES string of the molecule is CCCCNC(=O)[C@H](C)N(Cc1ccc(Br)cc1)C(=O)CCCN(c1ccc(F)cc1)S(C)(=O)=O. The molecule has 7 nitrogen and oxygen atoms in total. The third kappa shape index (κ3) is 9.25. The Kier molecular flexibility index (Phi) is 11.2. The third-order valence-corrected chi connectivity index (χ3v) is 7.25. The number of halogens is 2. The van der Waals surface area contributed by atoms with Crippen molar-refractivity contribution in [2.45, 2.75) is 52.1 Å². The molecule has 1 N–H and O–H groups in total. The van der Waals surface area contributed by atoms with Crippen LogP contribution in [0.5, 0.6) is 0 Å². The molecule has 0 unspecified atom stereocenters. The molecule has 0 aromatic heterocycles. The average Bonchev–Trinajstić information content (AvgIpc) is 2.81. The lowest BCUT2D eigenvalue weighted by Gasteiger charge is -2.29. The van der Waals surface area contributed by atoms with E-state index in [1.165, 1.54) is 29.2 Å². The van der Waals surface area contributed by atoms with Gasteiger partial charge in [-0.2, -0.15) is 0 Å². The second-order valence-electron chi connectivity index (χ2n) is 8.38. The van der Waals surface area contributed by atoms with Crippen LogP contribution in [0.3, 0.4) is 0 Å². The number of hydrogen-bond donors (Lipinski definition) is 1. The first-order valence-electron chi connectivity index (χ1n) is 11.6. The number of nitrogens with zero attached hydrogens (tertiary/aromatic N) is 2. The predicted molar refractivity (Wildman–Crippen MR) is 140 cm³/mol. The summed E-state index contributed by atoms with van der Waals surface area (Å²) in [5.41, 5.74) is 1.20. The maximum atomic E-state index is 13.3. The van der Waals surface area contributed by atoms with Gasteiger partial charge in [-0.1, -0.05) is 41.4 Å². The standard InChI is InChI=1S/C25H33BrFN3O4S/c1-4-5-16-28-25(32)19(2)29(18-20-8-10-21(26)11-9-20)24(31)7-6-17-30(35(3,33)34)23-14-12-22(27)13-15-23/h8-15,19H,4-7,16-18H2,1-3H3,(H,28,32)/t19-/m0/s1. The van der Waals surface area contributed by atoms with Crippen LogP contribution in [0.25, 0.3) is 0 Å². The van der Waals surface area contributed by atoms with Crippen LogP contribution in [0.1, 0.15) is 45.1 Å². The molecule has 0 aliphatic carbocycles. The molecule has 2 rings (SSSR count). The van der Waals surface area contributed by atoms with Crippen molar-refractivity contribution in [3.63, 3.8) is 0 Å². The average molecular weight is 571 g/mol. The van der Waals surface area contributed by atoms with Crippen LogP contribution >= 0.6 is 15.9 Å². The van der Waals surface area contributed by atoms with Crippen molar-refractivity contribution in [3.8, 4) is 0 Å². The summed E-state index contributed by atoms with van der Waals surface area (Å²) >= 11 is 3.40. The van der Waals surface area contributed by atoms with E-state index in [1.807, 2.05) is 31.2 Å². The molecule has 1 atom stereocenters. The molecule has 0 bridgehead atoms. The van der Waals surface area contributed by atoms with Gasteiger partial charge >= 0.3 is 0 Å². The highest BCUT2D eigenvalue weighted by Gasteiger charge is 2.26.